The van der Waals surface area contributed by atoms with E-state index in [9.17, 15) is 4.79 Å². The first-order valence-electron chi connectivity index (χ1n) is 5.64. The molecule has 2 fully saturated rings. The molecule has 2 aliphatic rings. The number of piperidine rings is 1. The van der Waals surface area contributed by atoms with Gasteiger partial charge < -0.3 is 4.90 Å². The molecule has 0 aromatic heterocycles. The average Bonchev–Trinajstić information content (AvgIpc) is 2.16. The highest BCUT2D eigenvalue weighted by Gasteiger charge is 2.40. The van der Waals surface area contributed by atoms with Crippen molar-refractivity contribution in [2.24, 2.45) is 5.41 Å². The number of carbonyl (C=O) groups excluding carboxylic acids is 1. The second kappa shape index (κ2) is 4.13. The molecule has 0 unspecified atom stereocenters. The van der Waals surface area contributed by atoms with Crippen molar-refractivity contribution in [2.75, 3.05) is 18.8 Å². The van der Waals surface area contributed by atoms with Crippen LogP contribution in [0.5, 0.6) is 0 Å². The van der Waals surface area contributed by atoms with Crippen molar-refractivity contribution in [3.63, 3.8) is 0 Å². The SMILES string of the molecule is O=C(CCS)N1CCC2(CCC2)CC1. The number of hydrogen-bond acceptors (Lipinski definition) is 2. The standard InChI is InChI=1S/C11H19NOS/c13-10(2-9-14)12-7-5-11(6-8-12)3-1-4-11/h14H,1-9H2. The van der Waals surface area contributed by atoms with Crippen molar-refractivity contribution in [1.82, 2.24) is 4.90 Å². The van der Waals surface area contributed by atoms with E-state index in [0.717, 1.165) is 13.1 Å². The Bertz CT molecular complexity index is 215. The summed E-state index contributed by atoms with van der Waals surface area (Å²) in [6.45, 7) is 1.99. The summed E-state index contributed by atoms with van der Waals surface area (Å²) in [6.07, 6.45) is 7.31. The summed E-state index contributed by atoms with van der Waals surface area (Å²) in [7, 11) is 0. The van der Waals surface area contributed by atoms with Crippen LogP contribution < -0.4 is 0 Å². The normalized spacial score (nSPS) is 24.8. The Kier molecular flexibility index (Phi) is 3.05. The highest BCUT2D eigenvalue weighted by atomic mass is 32.1. The van der Waals surface area contributed by atoms with Crippen molar-refractivity contribution in [2.45, 2.75) is 38.5 Å². The Labute approximate surface area is 91.5 Å². The fourth-order valence-electron chi connectivity index (χ4n) is 2.66. The average molecular weight is 213 g/mol. The van der Waals surface area contributed by atoms with Gasteiger partial charge in [0, 0.05) is 19.5 Å². The van der Waals surface area contributed by atoms with Crippen LogP contribution in [-0.2, 0) is 4.79 Å². The van der Waals surface area contributed by atoms with Crippen LogP contribution in [0.25, 0.3) is 0 Å². The maximum Gasteiger partial charge on any atom is 0.223 e. The van der Waals surface area contributed by atoms with Gasteiger partial charge in [0.2, 0.25) is 5.91 Å². The number of hydrogen-bond donors (Lipinski definition) is 1. The monoisotopic (exact) mass is 213 g/mol. The quantitative estimate of drug-likeness (QED) is 0.697. The molecule has 1 saturated heterocycles. The van der Waals surface area contributed by atoms with Crippen molar-refractivity contribution in [3.8, 4) is 0 Å². The lowest BCUT2D eigenvalue weighted by molar-refractivity contribution is -0.134. The molecule has 2 rings (SSSR count). The minimum absolute atomic E-state index is 0.300. The molecular formula is C11H19NOS. The van der Waals surface area contributed by atoms with Gasteiger partial charge in [0.1, 0.15) is 0 Å². The van der Waals surface area contributed by atoms with Crippen LogP contribution in [0.3, 0.4) is 0 Å². The molecule has 1 aliphatic carbocycles. The van der Waals surface area contributed by atoms with Crippen molar-refractivity contribution >= 4 is 18.5 Å². The van der Waals surface area contributed by atoms with Gasteiger partial charge in [-0.05, 0) is 36.9 Å². The first-order chi connectivity index (χ1) is 6.76. The molecule has 1 saturated carbocycles. The third-order valence-electron chi connectivity index (χ3n) is 3.92. The Morgan fingerprint density at radius 3 is 2.29 bits per heavy atom. The number of nitrogens with zero attached hydrogens (tertiary/aromatic N) is 1. The zero-order chi connectivity index (χ0) is 10.0. The maximum absolute atomic E-state index is 11.6. The van der Waals surface area contributed by atoms with Crippen LogP contribution in [0, 0.1) is 5.41 Å². The molecule has 2 nitrogen and oxygen atoms in total. The topological polar surface area (TPSA) is 20.3 Å². The number of rotatable bonds is 2. The van der Waals surface area contributed by atoms with Crippen LogP contribution in [0.1, 0.15) is 38.5 Å². The van der Waals surface area contributed by atoms with E-state index in [2.05, 4.69) is 12.6 Å². The molecule has 0 aromatic carbocycles. The molecule has 0 N–H and O–H groups in total. The Balaban J connectivity index is 1.80. The van der Waals surface area contributed by atoms with Crippen molar-refractivity contribution in [3.05, 3.63) is 0 Å². The highest BCUT2D eigenvalue weighted by molar-refractivity contribution is 7.80. The first-order valence-corrected chi connectivity index (χ1v) is 6.28. The minimum Gasteiger partial charge on any atom is -0.343 e. The smallest absolute Gasteiger partial charge is 0.223 e. The van der Waals surface area contributed by atoms with E-state index < -0.39 is 0 Å². The van der Waals surface area contributed by atoms with Crippen molar-refractivity contribution in [1.29, 1.82) is 0 Å². The second-order valence-corrected chi connectivity index (χ2v) is 5.16. The molecular weight excluding hydrogens is 194 g/mol. The van der Waals surface area contributed by atoms with E-state index in [4.69, 9.17) is 0 Å². The van der Waals surface area contributed by atoms with Gasteiger partial charge in [-0.3, -0.25) is 4.79 Å². The molecule has 0 aromatic rings. The van der Waals surface area contributed by atoms with Gasteiger partial charge in [0.15, 0.2) is 0 Å². The van der Waals surface area contributed by atoms with Gasteiger partial charge in [0.05, 0.1) is 0 Å². The van der Waals surface area contributed by atoms with Crippen molar-refractivity contribution < 1.29 is 4.79 Å². The number of thiol groups is 1. The summed E-state index contributed by atoms with van der Waals surface area (Å²) >= 11 is 4.10. The third kappa shape index (κ3) is 1.92. The molecule has 14 heavy (non-hydrogen) atoms. The largest absolute Gasteiger partial charge is 0.343 e. The lowest BCUT2D eigenvalue weighted by atomic mass is 9.63. The summed E-state index contributed by atoms with van der Waals surface area (Å²) in [6, 6.07) is 0. The first kappa shape index (κ1) is 10.3. The number of carbonyl (C=O) groups is 1. The molecule has 1 heterocycles. The van der Waals surface area contributed by atoms with Gasteiger partial charge in [0.25, 0.3) is 0 Å². The van der Waals surface area contributed by atoms with Crippen LogP contribution in [-0.4, -0.2) is 29.6 Å². The van der Waals surface area contributed by atoms with E-state index in [0.29, 0.717) is 23.5 Å². The molecule has 0 bridgehead atoms. The summed E-state index contributed by atoms with van der Waals surface area (Å²) in [4.78, 5) is 13.6. The Morgan fingerprint density at radius 2 is 1.86 bits per heavy atom. The van der Waals surface area contributed by atoms with E-state index >= 15 is 0 Å². The Morgan fingerprint density at radius 1 is 1.21 bits per heavy atom. The van der Waals surface area contributed by atoms with E-state index in [1.54, 1.807) is 0 Å². The van der Waals surface area contributed by atoms with E-state index in [1.807, 2.05) is 4.90 Å². The van der Waals surface area contributed by atoms with Crippen LogP contribution in [0.15, 0.2) is 0 Å². The van der Waals surface area contributed by atoms with Gasteiger partial charge >= 0.3 is 0 Å². The fourth-order valence-corrected chi connectivity index (χ4v) is 2.85. The summed E-state index contributed by atoms with van der Waals surface area (Å²) in [5, 5.41) is 0. The van der Waals surface area contributed by atoms with Gasteiger partial charge in [-0.1, -0.05) is 6.42 Å². The minimum atomic E-state index is 0.300. The van der Waals surface area contributed by atoms with Crippen LogP contribution >= 0.6 is 12.6 Å². The zero-order valence-electron chi connectivity index (χ0n) is 8.67. The molecule has 80 valence electrons. The maximum atomic E-state index is 11.6. The molecule has 0 radical (unpaired) electrons. The second-order valence-electron chi connectivity index (χ2n) is 4.71. The number of likely N-dealkylation sites (tertiary alicyclic amines) is 1. The summed E-state index contributed by atoms with van der Waals surface area (Å²) in [5.74, 6) is 0.981. The third-order valence-corrected chi connectivity index (χ3v) is 4.14. The van der Waals surface area contributed by atoms with Gasteiger partial charge in [-0.25, -0.2) is 0 Å². The molecule has 3 heteroatoms. The highest BCUT2D eigenvalue weighted by Crippen LogP contribution is 2.48. The molecule has 1 spiro atoms. The molecule has 0 atom stereocenters. The number of amides is 1. The van der Waals surface area contributed by atoms with Gasteiger partial charge in [-0.15, -0.1) is 0 Å². The predicted octanol–water partition coefficient (Wildman–Crippen LogP) is 2.10. The van der Waals surface area contributed by atoms with E-state index in [1.165, 1.54) is 32.1 Å². The van der Waals surface area contributed by atoms with Crippen LogP contribution in [0.2, 0.25) is 0 Å². The predicted molar refractivity (Wildman–Crippen MR) is 60.6 cm³/mol. The Hall–Kier alpha value is -0.180. The molecule has 1 aliphatic heterocycles. The molecule has 1 amide bonds. The lowest BCUT2D eigenvalue weighted by Crippen LogP contribution is -2.45. The van der Waals surface area contributed by atoms with E-state index in [-0.39, 0.29) is 0 Å². The summed E-state index contributed by atoms with van der Waals surface area (Å²) < 4.78 is 0. The van der Waals surface area contributed by atoms with Crippen LogP contribution in [0.4, 0.5) is 0 Å². The zero-order valence-corrected chi connectivity index (χ0v) is 9.56. The van der Waals surface area contributed by atoms with Gasteiger partial charge in [-0.2, -0.15) is 12.6 Å². The lowest BCUT2D eigenvalue weighted by Gasteiger charge is -2.48. The fraction of sp³-hybridized carbons (Fsp3) is 0.909. The summed E-state index contributed by atoms with van der Waals surface area (Å²) in [5.41, 5.74) is 0.651.